The van der Waals surface area contributed by atoms with Crippen LogP contribution in [0.2, 0.25) is 5.02 Å². The normalized spacial score (nSPS) is 10.8. The standard InChI is InChI=1S/C21H20ClNO4/c1-14-3-8-18-16(12-26-19(18)9-14)10-21(25)27-13-20(24)23(2)11-15-4-6-17(22)7-5-15/h3-9,12H,10-11,13H2,1-2H3. The number of amides is 1. The number of halogens is 1. The van der Waals surface area contributed by atoms with Crippen LogP contribution in [0.15, 0.2) is 53.1 Å². The van der Waals surface area contributed by atoms with E-state index in [1.54, 1.807) is 25.4 Å². The van der Waals surface area contributed by atoms with Gasteiger partial charge in [-0.25, -0.2) is 0 Å². The van der Waals surface area contributed by atoms with Crippen molar-refractivity contribution in [3.8, 4) is 0 Å². The highest BCUT2D eigenvalue weighted by Crippen LogP contribution is 2.23. The Bertz CT molecular complexity index is 962. The van der Waals surface area contributed by atoms with E-state index in [-0.39, 0.29) is 18.9 Å². The number of carbonyl (C=O) groups excluding carboxylic acids is 2. The molecule has 0 aliphatic heterocycles. The summed E-state index contributed by atoms with van der Waals surface area (Å²) in [6, 6.07) is 13.0. The SMILES string of the molecule is Cc1ccc2c(CC(=O)OCC(=O)N(C)Cc3ccc(Cl)cc3)coc2c1. The molecule has 27 heavy (non-hydrogen) atoms. The average Bonchev–Trinajstić information content (AvgIpc) is 3.03. The Morgan fingerprint density at radius 2 is 1.89 bits per heavy atom. The van der Waals surface area contributed by atoms with Gasteiger partial charge < -0.3 is 14.1 Å². The second kappa shape index (κ2) is 8.27. The molecule has 140 valence electrons. The Balaban J connectivity index is 1.51. The number of likely N-dealkylation sites (N-methyl/N-ethyl adjacent to an activating group) is 1. The van der Waals surface area contributed by atoms with E-state index in [1.807, 2.05) is 37.3 Å². The van der Waals surface area contributed by atoms with Crippen molar-refractivity contribution in [3.05, 3.63) is 70.4 Å². The van der Waals surface area contributed by atoms with Gasteiger partial charge in [-0.15, -0.1) is 0 Å². The molecule has 0 aliphatic rings. The highest BCUT2D eigenvalue weighted by Gasteiger charge is 2.15. The van der Waals surface area contributed by atoms with Gasteiger partial charge in [0.1, 0.15) is 5.58 Å². The van der Waals surface area contributed by atoms with Crippen molar-refractivity contribution in [2.24, 2.45) is 0 Å². The zero-order valence-corrected chi connectivity index (χ0v) is 16.0. The highest BCUT2D eigenvalue weighted by molar-refractivity contribution is 6.30. The highest BCUT2D eigenvalue weighted by atomic mass is 35.5. The minimum absolute atomic E-state index is 0.0598. The first kappa shape index (κ1) is 19.0. The van der Waals surface area contributed by atoms with Gasteiger partial charge in [0.15, 0.2) is 6.61 Å². The summed E-state index contributed by atoms with van der Waals surface area (Å²) in [5.74, 6) is -0.738. The third kappa shape index (κ3) is 4.89. The van der Waals surface area contributed by atoms with Gasteiger partial charge in [-0.2, -0.15) is 0 Å². The second-order valence-corrected chi connectivity index (χ2v) is 6.91. The topological polar surface area (TPSA) is 59.8 Å². The first-order valence-corrected chi connectivity index (χ1v) is 8.91. The Hall–Kier alpha value is -2.79. The second-order valence-electron chi connectivity index (χ2n) is 6.47. The first-order chi connectivity index (χ1) is 12.9. The molecule has 1 heterocycles. The molecule has 6 heteroatoms. The maximum atomic E-state index is 12.2. The zero-order valence-electron chi connectivity index (χ0n) is 15.2. The van der Waals surface area contributed by atoms with E-state index in [2.05, 4.69) is 0 Å². The third-order valence-electron chi connectivity index (χ3n) is 4.26. The van der Waals surface area contributed by atoms with Gasteiger partial charge in [-0.3, -0.25) is 9.59 Å². The lowest BCUT2D eigenvalue weighted by molar-refractivity contribution is -0.151. The van der Waals surface area contributed by atoms with Gasteiger partial charge in [0, 0.05) is 29.6 Å². The van der Waals surface area contributed by atoms with Crippen LogP contribution >= 0.6 is 11.6 Å². The van der Waals surface area contributed by atoms with Crippen LogP contribution in [0.3, 0.4) is 0 Å². The quantitative estimate of drug-likeness (QED) is 0.598. The summed E-state index contributed by atoms with van der Waals surface area (Å²) >= 11 is 5.85. The molecule has 0 aliphatic carbocycles. The van der Waals surface area contributed by atoms with Crippen LogP contribution < -0.4 is 0 Å². The number of hydrogen-bond acceptors (Lipinski definition) is 4. The van der Waals surface area contributed by atoms with E-state index in [0.717, 1.165) is 27.7 Å². The van der Waals surface area contributed by atoms with E-state index in [0.29, 0.717) is 11.6 Å². The average molecular weight is 386 g/mol. The Kier molecular flexibility index (Phi) is 5.81. The van der Waals surface area contributed by atoms with Crippen molar-refractivity contribution in [3.63, 3.8) is 0 Å². The fourth-order valence-corrected chi connectivity index (χ4v) is 2.86. The molecule has 0 fully saturated rings. The molecule has 0 bridgehead atoms. The molecule has 0 saturated heterocycles. The van der Waals surface area contributed by atoms with Crippen LogP contribution in [0.4, 0.5) is 0 Å². The number of nitrogens with zero attached hydrogens (tertiary/aromatic N) is 1. The van der Waals surface area contributed by atoms with Crippen LogP contribution in [0.5, 0.6) is 0 Å². The summed E-state index contributed by atoms with van der Waals surface area (Å²) in [7, 11) is 1.66. The molecule has 2 aromatic carbocycles. The molecule has 1 aromatic heterocycles. The van der Waals surface area contributed by atoms with Gasteiger partial charge in [-0.1, -0.05) is 35.9 Å². The van der Waals surface area contributed by atoms with Crippen LogP contribution in [0.25, 0.3) is 11.0 Å². The molecule has 0 spiro atoms. The minimum atomic E-state index is -0.466. The van der Waals surface area contributed by atoms with Gasteiger partial charge in [0.05, 0.1) is 12.7 Å². The summed E-state index contributed by atoms with van der Waals surface area (Å²) in [4.78, 5) is 25.8. The van der Waals surface area contributed by atoms with Crippen molar-refractivity contribution >= 4 is 34.4 Å². The largest absolute Gasteiger partial charge is 0.464 e. The molecule has 0 N–H and O–H groups in total. The number of rotatable bonds is 6. The van der Waals surface area contributed by atoms with Gasteiger partial charge in [-0.05, 0) is 36.2 Å². The molecule has 5 nitrogen and oxygen atoms in total. The van der Waals surface area contributed by atoms with E-state index < -0.39 is 5.97 Å². The number of aryl methyl sites for hydroxylation is 1. The molecule has 0 radical (unpaired) electrons. The van der Waals surface area contributed by atoms with E-state index >= 15 is 0 Å². The number of furan rings is 1. The Morgan fingerprint density at radius 1 is 1.15 bits per heavy atom. The Labute approximate surface area is 162 Å². The summed E-state index contributed by atoms with van der Waals surface area (Å²) in [6.45, 7) is 2.10. The Morgan fingerprint density at radius 3 is 2.63 bits per heavy atom. The van der Waals surface area contributed by atoms with Crippen LogP contribution in [0, 0.1) is 6.92 Å². The molecular weight excluding hydrogens is 366 g/mol. The molecule has 0 saturated carbocycles. The smallest absolute Gasteiger partial charge is 0.310 e. The molecule has 0 unspecified atom stereocenters. The lowest BCUT2D eigenvalue weighted by atomic mass is 10.1. The van der Waals surface area contributed by atoms with Crippen molar-refractivity contribution in [2.45, 2.75) is 19.9 Å². The van der Waals surface area contributed by atoms with Crippen molar-refractivity contribution in [2.75, 3.05) is 13.7 Å². The first-order valence-electron chi connectivity index (χ1n) is 8.53. The fourth-order valence-electron chi connectivity index (χ4n) is 2.74. The number of fused-ring (bicyclic) bond motifs is 1. The molecule has 1 amide bonds. The lowest BCUT2D eigenvalue weighted by Gasteiger charge is -2.17. The monoisotopic (exact) mass is 385 g/mol. The van der Waals surface area contributed by atoms with Crippen LogP contribution in [-0.2, 0) is 27.3 Å². The maximum Gasteiger partial charge on any atom is 0.310 e. The third-order valence-corrected chi connectivity index (χ3v) is 4.51. The number of benzene rings is 2. The summed E-state index contributed by atoms with van der Waals surface area (Å²) < 4.78 is 10.6. The predicted molar refractivity (Wildman–Crippen MR) is 104 cm³/mol. The molecular formula is C21H20ClNO4. The lowest BCUT2D eigenvalue weighted by Crippen LogP contribution is -2.31. The maximum absolute atomic E-state index is 12.2. The molecule has 3 rings (SSSR count). The van der Waals surface area contributed by atoms with E-state index in [9.17, 15) is 9.59 Å². The van der Waals surface area contributed by atoms with Gasteiger partial charge >= 0.3 is 5.97 Å². The number of ether oxygens (including phenoxy) is 1. The fraction of sp³-hybridized carbons (Fsp3) is 0.238. The number of hydrogen-bond donors (Lipinski definition) is 0. The zero-order chi connectivity index (χ0) is 19.4. The molecule has 3 aromatic rings. The number of carbonyl (C=O) groups is 2. The summed E-state index contributed by atoms with van der Waals surface area (Å²) in [5.41, 5.74) is 3.51. The minimum Gasteiger partial charge on any atom is -0.464 e. The van der Waals surface area contributed by atoms with Gasteiger partial charge in [0.2, 0.25) is 0 Å². The van der Waals surface area contributed by atoms with Gasteiger partial charge in [0.25, 0.3) is 5.91 Å². The van der Waals surface area contributed by atoms with Crippen LogP contribution in [0.1, 0.15) is 16.7 Å². The van der Waals surface area contributed by atoms with Crippen molar-refractivity contribution < 1.29 is 18.7 Å². The van der Waals surface area contributed by atoms with E-state index in [4.69, 9.17) is 20.8 Å². The predicted octanol–water partition coefficient (Wildman–Crippen LogP) is 4.14. The summed E-state index contributed by atoms with van der Waals surface area (Å²) in [6.07, 6.45) is 1.62. The van der Waals surface area contributed by atoms with Crippen molar-refractivity contribution in [1.82, 2.24) is 4.90 Å². The molecule has 0 atom stereocenters. The summed E-state index contributed by atoms with van der Waals surface area (Å²) in [5, 5.41) is 1.52. The van der Waals surface area contributed by atoms with Crippen molar-refractivity contribution in [1.29, 1.82) is 0 Å². The number of esters is 1. The van der Waals surface area contributed by atoms with E-state index in [1.165, 1.54) is 4.90 Å². The van der Waals surface area contributed by atoms with Crippen LogP contribution in [-0.4, -0.2) is 30.4 Å².